The quantitative estimate of drug-likeness (QED) is 0.864. The van der Waals surface area contributed by atoms with Crippen molar-refractivity contribution in [2.45, 2.75) is 0 Å². The largest absolute Gasteiger partial charge is 0.378 e. The topological polar surface area (TPSA) is 33.5 Å². The maximum Gasteiger partial charge on any atom is 0.148 e. The van der Waals surface area contributed by atoms with Crippen LogP contribution in [0.5, 0.6) is 0 Å². The first kappa shape index (κ1) is 16.6. The van der Waals surface area contributed by atoms with E-state index in [4.69, 9.17) is 0 Å². The maximum absolute atomic E-state index is 14.4. The van der Waals surface area contributed by atoms with Gasteiger partial charge in [0.05, 0.1) is 16.9 Å². The van der Waals surface area contributed by atoms with E-state index in [2.05, 4.69) is 6.07 Å². The fourth-order valence-corrected chi connectivity index (χ4v) is 2.40. The highest BCUT2D eigenvalue weighted by Gasteiger charge is 2.13. The molecule has 0 saturated heterocycles. The zero-order valence-electron chi connectivity index (χ0n) is 14.1. The molecule has 0 radical (unpaired) electrons. The molecule has 23 heavy (non-hydrogen) atoms. The van der Waals surface area contributed by atoms with Crippen LogP contribution in [-0.4, -0.2) is 35.2 Å². The summed E-state index contributed by atoms with van der Waals surface area (Å²) >= 11 is 0. The van der Waals surface area contributed by atoms with Crippen molar-refractivity contribution in [2.24, 2.45) is 0 Å². The molecule has 0 amide bonds. The minimum Gasteiger partial charge on any atom is -0.378 e. The van der Waals surface area contributed by atoms with Crippen molar-refractivity contribution < 1.29 is 4.39 Å². The van der Waals surface area contributed by atoms with Gasteiger partial charge >= 0.3 is 0 Å². The Kier molecular flexibility index (Phi) is 4.75. The lowest BCUT2D eigenvalue weighted by atomic mass is 10.1. The van der Waals surface area contributed by atoms with Crippen molar-refractivity contribution in [3.05, 3.63) is 47.8 Å². The zero-order chi connectivity index (χ0) is 17.1. The molecule has 120 valence electrons. The fraction of sp³-hybridized carbons (Fsp3) is 0.278. The van der Waals surface area contributed by atoms with E-state index in [1.807, 2.05) is 56.2 Å². The summed E-state index contributed by atoms with van der Waals surface area (Å²) in [6.45, 7) is 0. The van der Waals surface area contributed by atoms with E-state index in [-0.39, 0.29) is 5.82 Å². The van der Waals surface area contributed by atoms with Crippen LogP contribution >= 0.6 is 0 Å². The first-order valence-corrected chi connectivity index (χ1v) is 7.27. The van der Waals surface area contributed by atoms with Crippen LogP contribution in [0.1, 0.15) is 5.56 Å². The number of nitrogens with zero attached hydrogens (tertiary/aromatic N) is 4. The van der Waals surface area contributed by atoms with E-state index in [9.17, 15) is 9.65 Å². The smallest absolute Gasteiger partial charge is 0.148 e. The second kappa shape index (κ2) is 6.57. The molecule has 0 aliphatic heterocycles. The maximum atomic E-state index is 14.4. The summed E-state index contributed by atoms with van der Waals surface area (Å²) in [5.74, 6) is -0.297. The van der Waals surface area contributed by atoms with Crippen LogP contribution < -0.4 is 14.7 Å². The SMILES string of the molecule is CN(C)c1ccc(N(C)c2ccc(N(C)C)c(C#N)c2)c(F)c1. The normalized spacial score (nSPS) is 10.1. The summed E-state index contributed by atoms with van der Waals surface area (Å²) in [4.78, 5) is 5.48. The molecule has 0 saturated carbocycles. The van der Waals surface area contributed by atoms with Gasteiger partial charge in [-0.3, -0.25) is 0 Å². The first-order valence-electron chi connectivity index (χ1n) is 7.27. The van der Waals surface area contributed by atoms with E-state index in [1.165, 1.54) is 6.07 Å². The Morgan fingerprint density at radius 3 is 1.96 bits per heavy atom. The van der Waals surface area contributed by atoms with E-state index in [0.29, 0.717) is 11.3 Å². The van der Waals surface area contributed by atoms with Crippen molar-refractivity contribution in [2.75, 3.05) is 49.9 Å². The predicted molar refractivity (Wildman–Crippen MR) is 94.3 cm³/mol. The summed E-state index contributed by atoms with van der Waals surface area (Å²) in [5, 5.41) is 9.32. The number of rotatable bonds is 4. The van der Waals surface area contributed by atoms with Crippen LogP contribution in [0.2, 0.25) is 0 Å². The van der Waals surface area contributed by atoms with Gasteiger partial charge in [0.15, 0.2) is 0 Å². The molecule has 0 aliphatic rings. The molecule has 0 fully saturated rings. The van der Waals surface area contributed by atoms with Crippen LogP contribution in [0.25, 0.3) is 0 Å². The predicted octanol–water partition coefficient (Wildman–Crippen LogP) is 3.60. The first-order chi connectivity index (χ1) is 10.8. The number of nitriles is 1. The van der Waals surface area contributed by atoms with Gasteiger partial charge in [-0.2, -0.15) is 5.26 Å². The standard InChI is InChI=1S/C18H21FN4/c1-21(2)14-6-9-18(16(19)11-14)23(5)15-7-8-17(22(3)4)13(10-15)12-20/h6-11H,1-5H3. The van der Waals surface area contributed by atoms with Gasteiger partial charge < -0.3 is 14.7 Å². The number of halogens is 1. The van der Waals surface area contributed by atoms with Crippen LogP contribution in [0.15, 0.2) is 36.4 Å². The second-order valence-corrected chi connectivity index (χ2v) is 5.80. The van der Waals surface area contributed by atoms with Crippen LogP contribution in [0.4, 0.5) is 27.1 Å². The molecule has 0 aromatic heterocycles. The molecule has 2 aromatic carbocycles. The summed E-state index contributed by atoms with van der Waals surface area (Å²) in [5.41, 5.74) is 3.44. The molecule has 0 bridgehead atoms. The molecule has 5 heteroatoms. The molecule has 4 nitrogen and oxygen atoms in total. The third-order valence-corrected chi connectivity index (χ3v) is 3.78. The van der Waals surface area contributed by atoms with Crippen LogP contribution in [0, 0.1) is 17.1 Å². The van der Waals surface area contributed by atoms with E-state index < -0.39 is 0 Å². The minimum absolute atomic E-state index is 0.297. The van der Waals surface area contributed by atoms with Crippen molar-refractivity contribution in [1.82, 2.24) is 0 Å². The average molecular weight is 312 g/mol. The highest BCUT2D eigenvalue weighted by molar-refractivity contribution is 5.71. The van der Waals surface area contributed by atoms with Gasteiger partial charge in [0, 0.05) is 46.6 Å². The van der Waals surface area contributed by atoms with Gasteiger partial charge in [-0.25, -0.2) is 4.39 Å². The Hall–Kier alpha value is -2.74. The summed E-state index contributed by atoms with van der Waals surface area (Å²) in [6.07, 6.45) is 0. The van der Waals surface area contributed by atoms with Gasteiger partial charge in [-0.05, 0) is 36.4 Å². The Bertz CT molecular complexity index is 747. The Labute approximate surface area is 137 Å². The van der Waals surface area contributed by atoms with Crippen molar-refractivity contribution in [3.8, 4) is 6.07 Å². The van der Waals surface area contributed by atoms with E-state index in [1.54, 1.807) is 24.1 Å². The number of anilines is 4. The molecule has 0 atom stereocenters. The Balaban J connectivity index is 2.41. The van der Waals surface area contributed by atoms with Gasteiger partial charge in [0.2, 0.25) is 0 Å². The van der Waals surface area contributed by atoms with Crippen molar-refractivity contribution in [1.29, 1.82) is 5.26 Å². The van der Waals surface area contributed by atoms with Crippen molar-refractivity contribution in [3.63, 3.8) is 0 Å². The highest BCUT2D eigenvalue weighted by atomic mass is 19.1. The molecule has 0 unspecified atom stereocenters. The van der Waals surface area contributed by atoms with Gasteiger partial charge in [0.1, 0.15) is 11.9 Å². The van der Waals surface area contributed by atoms with Crippen LogP contribution in [0.3, 0.4) is 0 Å². The lowest BCUT2D eigenvalue weighted by molar-refractivity contribution is 0.627. The van der Waals surface area contributed by atoms with Gasteiger partial charge in [0.25, 0.3) is 0 Å². The molecule has 0 spiro atoms. The number of hydrogen-bond acceptors (Lipinski definition) is 4. The summed E-state index contributed by atoms with van der Waals surface area (Å²) in [6, 6.07) is 12.8. The molecular formula is C18H21FN4. The molecule has 2 aromatic rings. The third-order valence-electron chi connectivity index (χ3n) is 3.78. The fourth-order valence-electron chi connectivity index (χ4n) is 2.40. The molecule has 0 N–H and O–H groups in total. The number of benzene rings is 2. The van der Waals surface area contributed by atoms with Crippen molar-refractivity contribution >= 4 is 22.7 Å². The Morgan fingerprint density at radius 1 is 0.826 bits per heavy atom. The average Bonchev–Trinajstić information content (AvgIpc) is 2.53. The lowest BCUT2D eigenvalue weighted by Gasteiger charge is -2.23. The van der Waals surface area contributed by atoms with E-state index in [0.717, 1.165) is 17.1 Å². The Morgan fingerprint density at radius 2 is 1.43 bits per heavy atom. The van der Waals surface area contributed by atoms with Gasteiger partial charge in [-0.1, -0.05) is 0 Å². The molecule has 0 aliphatic carbocycles. The summed E-state index contributed by atoms with van der Waals surface area (Å²) < 4.78 is 14.4. The minimum atomic E-state index is -0.297. The monoisotopic (exact) mass is 312 g/mol. The lowest BCUT2D eigenvalue weighted by Crippen LogP contribution is -2.15. The molecule has 0 heterocycles. The second-order valence-electron chi connectivity index (χ2n) is 5.80. The van der Waals surface area contributed by atoms with E-state index >= 15 is 0 Å². The summed E-state index contributed by atoms with van der Waals surface area (Å²) in [7, 11) is 9.31. The highest BCUT2D eigenvalue weighted by Crippen LogP contribution is 2.31. The van der Waals surface area contributed by atoms with Crippen LogP contribution in [-0.2, 0) is 0 Å². The molecule has 2 rings (SSSR count). The zero-order valence-corrected chi connectivity index (χ0v) is 14.1. The number of hydrogen-bond donors (Lipinski definition) is 0. The molecular weight excluding hydrogens is 291 g/mol. The third kappa shape index (κ3) is 3.37. The van der Waals surface area contributed by atoms with Gasteiger partial charge in [-0.15, -0.1) is 0 Å².